The lowest BCUT2D eigenvalue weighted by Crippen LogP contribution is -2.43. The van der Waals surface area contributed by atoms with Gasteiger partial charge in [-0.1, -0.05) is 18.9 Å². The van der Waals surface area contributed by atoms with Crippen molar-refractivity contribution in [1.29, 1.82) is 0 Å². The van der Waals surface area contributed by atoms with Crippen molar-refractivity contribution in [2.75, 3.05) is 57.3 Å². The maximum Gasteiger partial charge on any atom is 0.319 e. The Kier molecular flexibility index (Phi) is 8.06. The van der Waals surface area contributed by atoms with Gasteiger partial charge < -0.3 is 36.2 Å². The van der Waals surface area contributed by atoms with Gasteiger partial charge in [-0.2, -0.15) is 0 Å². The summed E-state index contributed by atoms with van der Waals surface area (Å²) in [6, 6.07) is 10.5. The van der Waals surface area contributed by atoms with Gasteiger partial charge >= 0.3 is 6.01 Å². The number of anilines is 1. The second kappa shape index (κ2) is 11.4. The van der Waals surface area contributed by atoms with Crippen molar-refractivity contribution in [3.05, 3.63) is 42.0 Å². The Balaban J connectivity index is 0.000000421. The van der Waals surface area contributed by atoms with Crippen LogP contribution in [0.4, 0.5) is 5.69 Å². The number of aromatic nitrogens is 3. The molecule has 1 aromatic heterocycles. The van der Waals surface area contributed by atoms with Crippen LogP contribution < -0.4 is 20.9 Å². The topological polar surface area (TPSA) is 131 Å². The zero-order valence-corrected chi connectivity index (χ0v) is 20.3. The zero-order chi connectivity index (χ0) is 24.8. The molecule has 35 heavy (non-hydrogen) atoms. The molecule has 10 nitrogen and oxygen atoms in total. The molecule has 0 unspecified atom stereocenters. The summed E-state index contributed by atoms with van der Waals surface area (Å²) in [6.45, 7) is 12.3. The SMILES string of the molecule is C1CNCCN1.CC(C)c1cc(-c2nnc(O)n2-c2ccc(N3CCNCC3)cc2)c(O)cc1O. The smallest absolute Gasteiger partial charge is 0.319 e. The summed E-state index contributed by atoms with van der Waals surface area (Å²) in [4.78, 5) is 2.30. The molecule has 0 spiro atoms. The number of aromatic hydroxyl groups is 3. The Labute approximate surface area is 205 Å². The van der Waals surface area contributed by atoms with E-state index >= 15 is 0 Å². The first-order valence-electron chi connectivity index (χ1n) is 12.1. The van der Waals surface area contributed by atoms with Crippen molar-refractivity contribution in [3.8, 4) is 34.6 Å². The van der Waals surface area contributed by atoms with Crippen molar-refractivity contribution in [1.82, 2.24) is 30.7 Å². The molecule has 0 aliphatic carbocycles. The summed E-state index contributed by atoms with van der Waals surface area (Å²) >= 11 is 0. The number of piperazine rings is 2. The zero-order valence-electron chi connectivity index (χ0n) is 20.3. The third-order valence-corrected chi connectivity index (χ3v) is 6.20. The lowest BCUT2D eigenvalue weighted by molar-refractivity contribution is 0.420. The number of hydrogen-bond acceptors (Lipinski definition) is 9. The first-order chi connectivity index (χ1) is 17.0. The molecule has 0 amide bonds. The fraction of sp³-hybridized carbons (Fsp3) is 0.440. The van der Waals surface area contributed by atoms with E-state index in [1.165, 1.54) is 10.6 Å². The summed E-state index contributed by atoms with van der Waals surface area (Å²) in [6.07, 6.45) is 0. The molecule has 0 saturated carbocycles. The van der Waals surface area contributed by atoms with Gasteiger partial charge in [-0.05, 0) is 41.8 Å². The number of rotatable bonds is 4. The van der Waals surface area contributed by atoms with Crippen LogP contribution in [-0.2, 0) is 0 Å². The molecule has 5 rings (SSSR count). The molecule has 3 heterocycles. The van der Waals surface area contributed by atoms with E-state index in [9.17, 15) is 15.3 Å². The number of phenols is 2. The molecule has 2 aromatic carbocycles. The van der Waals surface area contributed by atoms with Crippen molar-refractivity contribution in [2.45, 2.75) is 19.8 Å². The number of nitrogens with zero attached hydrogens (tertiary/aromatic N) is 4. The average molecular weight is 482 g/mol. The van der Waals surface area contributed by atoms with Crippen molar-refractivity contribution >= 4 is 5.69 Å². The van der Waals surface area contributed by atoms with E-state index in [4.69, 9.17) is 0 Å². The summed E-state index contributed by atoms with van der Waals surface area (Å²) in [5, 5.41) is 48.5. The molecule has 6 N–H and O–H groups in total. The minimum absolute atomic E-state index is 0.0249. The van der Waals surface area contributed by atoms with E-state index < -0.39 is 0 Å². The standard InChI is InChI=1S/C21H25N5O3.C4H10N2/c1-13(2)16-11-17(19(28)12-18(16)27)20-23-24-21(29)26(20)15-5-3-14(4-6-15)25-9-7-22-8-10-25;1-2-6-4-3-5-1/h3-6,11-13,22,27-28H,7-10H2,1-2H3,(H,24,29);5-6H,1-4H2. The van der Waals surface area contributed by atoms with Gasteiger partial charge in [0.05, 0.1) is 11.3 Å². The normalized spacial score (nSPS) is 16.1. The molecular weight excluding hydrogens is 446 g/mol. The molecule has 2 saturated heterocycles. The van der Waals surface area contributed by atoms with Crippen LogP contribution in [0, 0.1) is 0 Å². The predicted molar refractivity (Wildman–Crippen MR) is 137 cm³/mol. The van der Waals surface area contributed by atoms with Crippen LogP contribution in [0.2, 0.25) is 0 Å². The fourth-order valence-corrected chi connectivity index (χ4v) is 4.26. The molecule has 3 aromatic rings. The van der Waals surface area contributed by atoms with Crippen LogP contribution in [0.25, 0.3) is 17.1 Å². The van der Waals surface area contributed by atoms with Crippen LogP contribution in [0.3, 0.4) is 0 Å². The van der Waals surface area contributed by atoms with Crippen LogP contribution >= 0.6 is 0 Å². The Morgan fingerprint density at radius 3 is 1.89 bits per heavy atom. The van der Waals surface area contributed by atoms with E-state index in [1.807, 2.05) is 38.1 Å². The number of nitrogens with one attached hydrogen (secondary N) is 3. The Morgan fingerprint density at radius 2 is 1.31 bits per heavy atom. The lowest BCUT2D eigenvalue weighted by atomic mass is 9.98. The molecule has 2 fully saturated rings. The van der Waals surface area contributed by atoms with E-state index in [1.54, 1.807) is 6.07 Å². The van der Waals surface area contributed by atoms with Crippen molar-refractivity contribution < 1.29 is 15.3 Å². The molecule has 0 bridgehead atoms. The van der Waals surface area contributed by atoms with Gasteiger partial charge in [0.25, 0.3) is 0 Å². The second-order valence-corrected chi connectivity index (χ2v) is 9.00. The third-order valence-electron chi connectivity index (χ3n) is 6.20. The highest BCUT2D eigenvalue weighted by Gasteiger charge is 2.21. The van der Waals surface area contributed by atoms with E-state index in [0.29, 0.717) is 22.6 Å². The molecule has 2 aliphatic heterocycles. The van der Waals surface area contributed by atoms with Gasteiger partial charge in [0, 0.05) is 64.1 Å². The predicted octanol–water partition coefficient (Wildman–Crippen LogP) is 1.76. The highest BCUT2D eigenvalue weighted by atomic mass is 16.3. The Hall–Kier alpha value is -3.34. The highest BCUT2D eigenvalue weighted by Crippen LogP contribution is 2.38. The van der Waals surface area contributed by atoms with E-state index in [2.05, 4.69) is 31.0 Å². The number of phenolic OH excluding ortho intramolecular Hbond substituents is 2. The lowest BCUT2D eigenvalue weighted by Gasteiger charge is -2.29. The van der Waals surface area contributed by atoms with Gasteiger partial charge in [-0.3, -0.25) is 0 Å². The first kappa shape index (κ1) is 24.8. The number of benzene rings is 2. The molecule has 10 heteroatoms. The van der Waals surface area contributed by atoms with Crippen LogP contribution in [0.1, 0.15) is 25.3 Å². The maximum absolute atomic E-state index is 10.4. The monoisotopic (exact) mass is 481 g/mol. The Morgan fingerprint density at radius 1 is 0.743 bits per heavy atom. The third kappa shape index (κ3) is 5.84. The van der Waals surface area contributed by atoms with Gasteiger partial charge in [0.15, 0.2) is 5.82 Å². The average Bonchev–Trinajstić information content (AvgIpc) is 3.27. The summed E-state index contributed by atoms with van der Waals surface area (Å²) in [5.74, 6) is 0.254. The van der Waals surface area contributed by atoms with Crippen LogP contribution in [0.15, 0.2) is 36.4 Å². The minimum Gasteiger partial charge on any atom is -0.508 e. The molecule has 2 aliphatic rings. The van der Waals surface area contributed by atoms with Crippen molar-refractivity contribution in [3.63, 3.8) is 0 Å². The van der Waals surface area contributed by atoms with Gasteiger partial charge in [0.2, 0.25) is 0 Å². The summed E-state index contributed by atoms with van der Waals surface area (Å²) in [5.41, 5.74) is 2.87. The molecule has 0 radical (unpaired) electrons. The van der Waals surface area contributed by atoms with Gasteiger partial charge in [-0.25, -0.2) is 4.57 Å². The van der Waals surface area contributed by atoms with Gasteiger partial charge in [0.1, 0.15) is 11.5 Å². The molecule has 188 valence electrons. The molecular formula is C25H35N7O3. The van der Waals surface area contributed by atoms with Crippen LogP contribution in [0.5, 0.6) is 17.5 Å². The highest BCUT2D eigenvalue weighted by molar-refractivity contribution is 5.70. The van der Waals surface area contributed by atoms with Crippen LogP contribution in [-0.4, -0.2) is 82.4 Å². The summed E-state index contributed by atoms with van der Waals surface area (Å²) in [7, 11) is 0. The fourth-order valence-electron chi connectivity index (χ4n) is 4.26. The van der Waals surface area contributed by atoms with Crippen molar-refractivity contribution in [2.24, 2.45) is 0 Å². The largest absolute Gasteiger partial charge is 0.508 e. The van der Waals surface area contributed by atoms with E-state index in [0.717, 1.165) is 58.0 Å². The van der Waals surface area contributed by atoms with Gasteiger partial charge in [-0.15, -0.1) is 5.10 Å². The first-order valence-corrected chi connectivity index (χ1v) is 12.1. The second-order valence-electron chi connectivity index (χ2n) is 9.00. The Bertz CT molecular complexity index is 1090. The molecule has 0 atom stereocenters. The quantitative estimate of drug-likeness (QED) is 0.330. The minimum atomic E-state index is -0.270. The maximum atomic E-state index is 10.4. The summed E-state index contributed by atoms with van der Waals surface area (Å²) < 4.78 is 1.48. The van der Waals surface area contributed by atoms with E-state index in [-0.39, 0.29) is 23.4 Å². The number of hydrogen-bond donors (Lipinski definition) is 6.